The molecular formula is C72H80BN3O. The van der Waals surface area contributed by atoms with Crippen molar-refractivity contribution in [3.8, 4) is 0 Å². The van der Waals surface area contributed by atoms with Crippen molar-refractivity contribution in [2.45, 2.75) is 180 Å². The van der Waals surface area contributed by atoms with Crippen molar-refractivity contribution in [3.63, 3.8) is 0 Å². The van der Waals surface area contributed by atoms with E-state index in [1.165, 1.54) is 44.4 Å². The standard InChI is InChI=1S/C72H80BN3O/c1-66(2,3)45-26-29-51-62(38-45)77-65-64(51)76(49-28-31-53-55(40-49)70(10,11)35-33-68(53,6)7)61-42-50(74(46-22-18-16-19-23-46)47-24-20-17-21-25-47)41-60-63(61)73(65)58-43-56-57(72(14,15)37-36-71(56,12)13)44-59(58)75(60)48-27-30-52-54(39-48)69(8,9)34-32-67(52,4)5/h16-31,38-44H,32-37H2,1-15H3/i16D,18D,19D,22D,23D. The maximum absolute atomic E-state index is 9.69. The summed E-state index contributed by atoms with van der Waals surface area (Å²) in [7, 11) is 0. The molecular weight excluding hydrogens is 934 g/mol. The average Bonchev–Trinajstić information content (AvgIpc) is 1.48. The summed E-state index contributed by atoms with van der Waals surface area (Å²) in [6, 6.07) is 38.9. The average molecular weight is 1020 g/mol. The summed E-state index contributed by atoms with van der Waals surface area (Å²) in [6.45, 7) is 35.2. The van der Waals surface area contributed by atoms with E-state index in [0.717, 1.165) is 94.7 Å². The van der Waals surface area contributed by atoms with Crippen molar-refractivity contribution >= 4 is 85.5 Å². The SMILES string of the molecule is [2H]c1c([2H])c([2H])c(N(c2ccccc2)c2cc3c4c(c2)N(c2ccc5c(c2)C(C)(C)CCC5(C)C)c2c(oc5cc(C(C)(C)C)ccc25)B4c2cc4c(cc2N3c2ccc3c(c2)C(C)(C)CCC3(C)C)C(C)(C)CCC4(C)C)c([2H])c1[2H]. The van der Waals surface area contributed by atoms with Crippen LogP contribution in [0.25, 0.3) is 11.0 Å². The molecule has 1 aromatic heterocycles. The molecule has 3 aliphatic carbocycles. The molecule has 0 amide bonds. The van der Waals surface area contributed by atoms with Crippen molar-refractivity contribution in [1.29, 1.82) is 0 Å². The van der Waals surface area contributed by atoms with Gasteiger partial charge in [0.15, 0.2) is 0 Å². The zero-order valence-corrected chi connectivity index (χ0v) is 48.5. The van der Waals surface area contributed by atoms with E-state index in [0.29, 0.717) is 11.4 Å². The Kier molecular flexibility index (Phi) is 9.56. The molecule has 0 fully saturated rings. The summed E-state index contributed by atoms with van der Waals surface area (Å²) in [4.78, 5) is 6.90. The number of anilines is 9. The molecule has 0 saturated carbocycles. The van der Waals surface area contributed by atoms with Crippen molar-refractivity contribution in [3.05, 3.63) is 178 Å². The lowest BCUT2D eigenvalue weighted by molar-refractivity contribution is 0.332. The fourth-order valence-corrected chi connectivity index (χ4v) is 14.4. The molecule has 5 heteroatoms. The maximum atomic E-state index is 9.69. The Morgan fingerprint density at radius 3 is 1.52 bits per heavy atom. The summed E-state index contributed by atoms with van der Waals surface area (Å²) in [5.74, 6) is 0. The Morgan fingerprint density at radius 1 is 0.481 bits per heavy atom. The van der Waals surface area contributed by atoms with E-state index in [4.69, 9.17) is 8.53 Å². The number of para-hydroxylation sites is 2. The van der Waals surface area contributed by atoms with E-state index in [9.17, 15) is 2.74 Å². The van der Waals surface area contributed by atoms with Crippen LogP contribution in [0.1, 0.15) is 188 Å². The molecule has 0 N–H and O–H groups in total. The summed E-state index contributed by atoms with van der Waals surface area (Å²) < 4.78 is 54.1. The van der Waals surface area contributed by atoms with Crippen molar-refractivity contribution in [2.24, 2.45) is 0 Å². The smallest absolute Gasteiger partial charge is 0.297 e. The minimum absolute atomic E-state index is 0.00806. The molecule has 0 atom stereocenters. The largest absolute Gasteiger partial charge is 0.468 e. The summed E-state index contributed by atoms with van der Waals surface area (Å²) >= 11 is 0. The fourth-order valence-electron chi connectivity index (χ4n) is 14.4. The number of rotatable bonds is 5. The lowest BCUT2D eigenvalue weighted by atomic mass is 9.35. The molecule has 0 saturated heterocycles. The van der Waals surface area contributed by atoms with Gasteiger partial charge in [-0.15, -0.1) is 0 Å². The normalized spacial score (nSPS) is 20.5. The van der Waals surface area contributed by atoms with E-state index in [-0.39, 0.29) is 74.5 Å². The molecule has 13 rings (SSSR count). The predicted molar refractivity (Wildman–Crippen MR) is 329 cm³/mol. The first-order valence-electron chi connectivity index (χ1n) is 31.1. The van der Waals surface area contributed by atoms with Crippen LogP contribution in [0.2, 0.25) is 0 Å². The van der Waals surface area contributed by atoms with Crippen LogP contribution < -0.4 is 31.3 Å². The minimum atomic E-state index is -0.426. The first-order chi connectivity index (χ1) is 38.3. The Balaban J connectivity index is 1.23. The van der Waals surface area contributed by atoms with Crippen molar-refractivity contribution in [1.82, 2.24) is 0 Å². The van der Waals surface area contributed by atoms with E-state index in [1.807, 2.05) is 35.2 Å². The van der Waals surface area contributed by atoms with Gasteiger partial charge in [-0.05, 0) is 205 Å². The number of hydrogen-bond donors (Lipinski definition) is 0. The highest BCUT2D eigenvalue weighted by Gasteiger charge is 2.50. The van der Waals surface area contributed by atoms with Crippen LogP contribution in [0, 0.1) is 0 Å². The third-order valence-corrected chi connectivity index (χ3v) is 19.7. The molecule has 0 bridgehead atoms. The van der Waals surface area contributed by atoms with E-state index < -0.39 is 6.04 Å². The second-order valence-corrected chi connectivity index (χ2v) is 28.6. The lowest BCUT2D eigenvalue weighted by Crippen LogP contribution is -2.61. The van der Waals surface area contributed by atoms with Crippen LogP contribution in [-0.2, 0) is 37.9 Å². The van der Waals surface area contributed by atoms with Gasteiger partial charge in [-0.3, -0.25) is 0 Å². The van der Waals surface area contributed by atoms with Gasteiger partial charge in [0.2, 0.25) is 0 Å². The molecule has 7 aromatic carbocycles. The highest BCUT2D eigenvalue weighted by atomic mass is 16.3. The Hall–Kier alpha value is -6.46. The van der Waals surface area contributed by atoms with Crippen molar-refractivity contribution in [2.75, 3.05) is 14.7 Å². The summed E-state index contributed by atoms with van der Waals surface area (Å²) in [5.41, 5.74) is 20.3. The second-order valence-electron chi connectivity index (χ2n) is 28.6. The Bertz CT molecular complexity index is 4000. The minimum Gasteiger partial charge on any atom is -0.468 e. The quantitative estimate of drug-likeness (QED) is 0.160. The molecule has 0 spiro atoms. The van der Waals surface area contributed by atoms with Gasteiger partial charge in [0.25, 0.3) is 6.71 Å². The molecule has 8 aromatic rings. The van der Waals surface area contributed by atoms with Gasteiger partial charge in [-0.2, -0.15) is 0 Å². The molecule has 0 unspecified atom stereocenters. The van der Waals surface area contributed by atoms with Crippen LogP contribution in [0.5, 0.6) is 0 Å². The number of hydrogen-bond acceptors (Lipinski definition) is 4. The van der Waals surface area contributed by atoms with Gasteiger partial charge in [-0.25, -0.2) is 0 Å². The van der Waals surface area contributed by atoms with Gasteiger partial charge in [-0.1, -0.05) is 164 Å². The number of nitrogens with zero attached hydrogens (tertiary/aromatic N) is 3. The van der Waals surface area contributed by atoms with Crippen LogP contribution in [0.4, 0.5) is 51.2 Å². The summed E-state index contributed by atoms with van der Waals surface area (Å²) in [6.07, 6.45) is 6.44. The lowest BCUT2D eigenvalue weighted by Gasteiger charge is -2.47. The first-order valence-corrected chi connectivity index (χ1v) is 28.6. The van der Waals surface area contributed by atoms with Gasteiger partial charge >= 0.3 is 0 Å². The second kappa shape index (κ2) is 16.5. The van der Waals surface area contributed by atoms with Crippen LogP contribution >= 0.6 is 0 Å². The number of fused-ring (bicyclic) bond motifs is 9. The van der Waals surface area contributed by atoms with Gasteiger partial charge in [0.1, 0.15) is 5.58 Å². The van der Waals surface area contributed by atoms with Crippen LogP contribution in [0.15, 0.2) is 144 Å². The van der Waals surface area contributed by atoms with Crippen molar-refractivity contribution < 1.29 is 11.3 Å². The van der Waals surface area contributed by atoms with Gasteiger partial charge in [0.05, 0.1) is 23.9 Å². The summed E-state index contributed by atoms with van der Waals surface area (Å²) in [5, 5.41) is 1.02. The zero-order chi connectivity index (χ0) is 58.5. The molecule has 77 heavy (non-hydrogen) atoms. The first kappa shape index (κ1) is 44.5. The molecule has 2 aliphatic heterocycles. The molecule has 3 heterocycles. The Labute approximate surface area is 468 Å². The molecule has 5 aliphatic rings. The third-order valence-electron chi connectivity index (χ3n) is 19.7. The highest BCUT2D eigenvalue weighted by molar-refractivity contribution is 7.00. The predicted octanol–water partition coefficient (Wildman–Crippen LogP) is 18.3. The third kappa shape index (κ3) is 7.66. The maximum Gasteiger partial charge on any atom is 0.297 e. The number of benzene rings is 7. The fraction of sp³-hybridized carbons (Fsp3) is 0.389. The molecule has 0 radical (unpaired) electrons. The van der Waals surface area contributed by atoms with Gasteiger partial charge in [0, 0.05) is 45.2 Å². The Morgan fingerprint density at radius 2 is 0.974 bits per heavy atom. The van der Waals surface area contributed by atoms with E-state index >= 15 is 0 Å². The topological polar surface area (TPSA) is 22.9 Å². The van der Waals surface area contributed by atoms with E-state index in [2.05, 4.69) is 193 Å². The van der Waals surface area contributed by atoms with Gasteiger partial charge < -0.3 is 19.1 Å². The van der Waals surface area contributed by atoms with Crippen LogP contribution in [0.3, 0.4) is 0 Å². The number of furan rings is 1. The molecule has 392 valence electrons. The zero-order valence-electron chi connectivity index (χ0n) is 53.5. The van der Waals surface area contributed by atoms with E-state index in [1.54, 1.807) is 0 Å². The highest BCUT2D eigenvalue weighted by Crippen LogP contribution is 2.56. The van der Waals surface area contributed by atoms with Crippen LogP contribution in [-0.4, -0.2) is 6.71 Å². The monoisotopic (exact) mass is 1020 g/mol. The molecule has 4 nitrogen and oxygen atoms in total.